The number of carbonyl (C=O) groups excluding carboxylic acids is 1. The maximum atomic E-state index is 10.9. The van der Waals surface area contributed by atoms with Gasteiger partial charge >= 0.3 is 0 Å². The molecule has 4 aliphatic rings. The van der Waals surface area contributed by atoms with Crippen LogP contribution < -0.4 is 24.3 Å². The van der Waals surface area contributed by atoms with E-state index in [0.29, 0.717) is 17.3 Å². The van der Waals surface area contributed by atoms with Crippen molar-refractivity contribution in [3.63, 3.8) is 0 Å². The van der Waals surface area contributed by atoms with Crippen LogP contribution in [0.1, 0.15) is 86.5 Å². The zero-order chi connectivity index (χ0) is 49.4. The number of quaternary nitrogens is 1. The Morgan fingerprint density at radius 2 is 1.16 bits per heavy atom. The van der Waals surface area contributed by atoms with Gasteiger partial charge in [0.2, 0.25) is 0 Å². The van der Waals surface area contributed by atoms with E-state index in [1.165, 1.54) is 86.7 Å². The van der Waals surface area contributed by atoms with Crippen LogP contribution in [0.3, 0.4) is 0 Å². The fraction of sp³-hybridized carbons (Fsp3) is 0.467. The zero-order valence-electron chi connectivity index (χ0n) is 43.1. The van der Waals surface area contributed by atoms with Crippen LogP contribution in [0, 0.1) is 30.6 Å². The molecular weight excluding hydrogens is 867 g/mol. The molecule has 2 atom stereocenters. The lowest BCUT2D eigenvalue weighted by molar-refractivity contribution is -0.884. The van der Waals surface area contributed by atoms with E-state index in [9.17, 15) is 4.79 Å². The molecule has 0 aromatic heterocycles. The van der Waals surface area contributed by atoms with Crippen LogP contribution in [0.15, 0.2) is 133 Å². The summed E-state index contributed by atoms with van der Waals surface area (Å²) in [7, 11) is 9.99. The van der Waals surface area contributed by atoms with E-state index in [2.05, 4.69) is 92.9 Å². The van der Waals surface area contributed by atoms with Crippen LogP contribution in [-0.2, 0) is 22.2 Å². The highest BCUT2D eigenvalue weighted by atomic mass is 16.5. The molecule has 3 radical (unpaired) electrons. The topological polar surface area (TPSA) is 93.1 Å². The van der Waals surface area contributed by atoms with Gasteiger partial charge in [-0.15, -0.1) is 0 Å². The second-order valence-electron chi connectivity index (χ2n) is 20.4. The molecule has 9 rings (SSSR count). The van der Waals surface area contributed by atoms with Gasteiger partial charge < -0.3 is 50.3 Å². The Morgan fingerprint density at radius 3 is 1.60 bits per heavy atom. The standard InChI is InChI=1S/C24H31NO2.C13H19NO2.C11H18N.C11H12O.CN.B/c1-26-22-10-12-23(13-11-22)27-18-20-7-5-16-25(17-20)19-24(14-6-15-24)21-8-3-2-4-9-21;1-15-12-4-6-13(7-5-12)16-10-11-3-2-8-14-9-11;1-10-5-7-11(8-6-10)9-12(2,3)4;12-9-11(7-4-8-11)10-5-2-1-3-6-10;1-2;/h2-4,8-13,20H,5-7,14-19H2,1H3;4-7,11,14H,2-3,8-10H2,1H3;5-8H,9H2,1-4H3;1-3,5-6,9H,4,7-8H2;;/q;;+1;;-1;. The molecule has 2 unspecified atom stereocenters. The Labute approximate surface area is 423 Å². The Kier molecular flexibility index (Phi) is 24.1. The van der Waals surface area contributed by atoms with Gasteiger partial charge in [0.1, 0.15) is 35.8 Å². The average Bonchev–Trinajstić information content (AvgIpc) is 3.36. The van der Waals surface area contributed by atoms with Gasteiger partial charge in [0.15, 0.2) is 0 Å². The molecule has 2 heterocycles. The third-order valence-corrected chi connectivity index (χ3v) is 13.9. The van der Waals surface area contributed by atoms with Crippen LogP contribution in [-0.4, -0.2) is 105 Å². The molecule has 4 fully saturated rings. The Balaban J connectivity index is 0.000000213. The van der Waals surface area contributed by atoms with E-state index in [-0.39, 0.29) is 13.8 Å². The Hall–Kier alpha value is -5.60. The number of rotatable bonds is 15. The highest BCUT2D eigenvalue weighted by molar-refractivity contribution is 5.75. The third-order valence-electron chi connectivity index (χ3n) is 13.9. The van der Waals surface area contributed by atoms with E-state index in [1.54, 1.807) is 14.2 Å². The SMILES string of the molecule is COc1ccc(OCC2CCCN(CC3(c4ccccc4)CCC3)C2)cc1.COc1ccc(OCC2CCCNC2)cc1.Cc1ccc(C[N+](C)(C)C)cc1.O=CC1(c2ccccc2)CCC1.[B].[C-]#N. The van der Waals surface area contributed by atoms with Crippen molar-refractivity contribution in [1.82, 2.24) is 10.2 Å². The number of aldehydes is 1. The molecule has 1 N–H and O–H groups in total. The number of likely N-dealkylation sites (tertiary alicyclic amines) is 1. The minimum atomic E-state index is -0.124. The molecule has 70 heavy (non-hydrogen) atoms. The second kappa shape index (κ2) is 29.6. The summed E-state index contributed by atoms with van der Waals surface area (Å²) in [4.78, 5) is 13.6. The van der Waals surface area contributed by atoms with Crippen molar-refractivity contribution in [3.05, 3.63) is 162 Å². The van der Waals surface area contributed by atoms with Crippen LogP contribution in [0.4, 0.5) is 0 Å². The number of benzene rings is 5. The number of piperidine rings is 2. The van der Waals surface area contributed by atoms with Gasteiger partial charge in [-0.25, -0.2) is 0 Å². The van der Waals surface area contributed by atoms with Crippen LogP contribution in [0.25, 0.3) is 0 Å². The number of ether oxygens (including phenoxy) is 4. The lowest BCUT2D eigenvalue weighted by Gasteiger charge is -2.47. The molecule has 373 valence electrons. The molecule has 2 aliphatic carbocycles. The summed E-state index contributed by atoms with van der Waals surface area (Å²) < 4.78 is 23.1. The number of methoxy groups -OCH3 is 2. The summed E-state index contributed by atoms with van der Waals surface area (Å²) in [6.07, 6.45) is 13.5. The van der Waals surface area contributed by atoms with Gasteiger partial charge in [-0.3, -0.25) is 0 Å². The number of hydrogen-bond donors (Lipinski definition) is 1. The van der Waals surface area contributed by atoms with Crippen molar-refractivity contribution >= 4 is 14.7 Å². The molecule has 5 aromatic carbocycles. The van der Waals surface area contributed by atoms with Crippen LogP contribution in [0.2, 0.25) is 0 Å². The minimum Gasteiger partial charge on any atom is -0.512 e. The molecule has 2 aliphatic heterocycles. The largest absolute Gasteiger partial charge is 0.512 e. The molecule has 0 spiro atoms. The molecule has 2 saturated carbocycles. The van der Waals surface area contributed by atoms with Gasteiger partial charge in [0.05, 0.1) is 54.0 Å². The molecule has 0 bridgehead atoms. The van der Waals surface area contributed by atoms with Crippen molar-refractivity contribution in [3.8, 4) is 23.0 Å². The minimum absolute atomic E-state index is 0. The molecule has 9 nitrogen and oxygen atoms in total. The molecular formula is C60H80BN4O5. The first-order chi connectivity index (χ1) is 33.5. The zero-order valence-corrected chi connectivity index (χ0v) is 43.1. The summed E-state index contributed by atoms with van der Waals surface area (Å²) in [6, 6.07) is 45.7. The molecule has 10 heteroatoms. The van der Waals surface area contributed by atoms with Crippen molar-refractivity contribution < 1.29 is 28.2 Å². The summed E-state index contributed by atoms with van der Waals surface area (Å²) in [5, 5.41) is 9.64. The summed E-state index contributed by atoms with van der Waals surface area (Å²) >= 11 is 0. The fourth-order valence-corrected chi connectivity index (χ4v) is 9.67. The lowest BCUT2D eigenvalue weighted by atomic mass is 9.64. The first-order valence-electron chi connectivity index (χ1n) is 25.1. The predicted molar refractivity (Wildman–Crippen MR) is 285 cm³/mol. The fourth-order valence-electron chi connectivity index (χ4n) is 9.67. The Morgan fingerprint density at radius 1 is 0.657 bits per heavy atom. The maximum absolute atomic E-state index is 10.9. The van der Waals surface area contributed by atoms with E-state index in [4.69, 9.17) is 30.8 Å². The number of hydrogen-bond acceptors (Lipinski definition) is 8. The number of nitrogens with zero attached hydrogens (tertiary/aromatic N) is 3. The number of aryl methyl sites for hydroxylation is 1. The van der Waals surface area contributed by atoms with Gasteiger partial charge in [0, 0.05) is 50.9 Å². The van der Waals surface area contributed by atoms with Gasteiger partial charge in [-0.2, -0.15) is 0 Å². The van der Waals surface area contributed by atoms with Crippen LogP contribution in [0.5, 0.6) is 23.0 Å². The second-order valence-corrected chi connectivity index (χ2v) is 20.4. The van der Waals surface area contributed by atoms with Gasteiger partial charge in [-0.05, 0) is 131 Å². The van der Waals surface area contributed by atoms with Crippen molar-refractivity contribution in [2.75, 3.05) is 81.3 Å². The average molecular weight is 948 g/mol. The molecule has 5 aromatic rings. The first kappa shape index (κ1) is 57.0. The highest BCUT2D eigenvalue weighted by Crippen LogP contribution is 2.45. The predicted octanol–water partition coefficient (Wildman–Crippen LogP) is 11.2. The van der Waals surface area contributed by atoms with Gasteiger partial charge in [0.25, 0.3) is 0 Å². The first-order valence-corrected chi connectivity index (χ1v) is 25.1. The Bertz CT molecular complexity index is 2180. The highest BCUT2D eigenvalue weighted by Gasteiger charge is 2.41. The van der Waals surface area contributed by atoms with Crippen molar-refractivity contribution in [1.29, 1.82) is 5.26 Å². The monoisotopic (exact) mass is 948 g/mol. The summed E-state index contributed by atoms with van der Waals surface area (Å²) in [6.45, 7) is 15.4. The normalized spacial score (nSPS) is 18.6. The number of carbonyl (C=O) groups is 1. The number of nitrogens with one attached hydrogen (secondary N) is 1. The quantitative estimate of drug-likeness (QED) is 0.0480. The van der Waals surface area contributed by atoms with E-state index in [1.807, 2.05) is 78.9 Å². The van der Waals surface area contributed by atoms with E-state index < -0.39 is 0 Å². The van der Waals surface area contributed by atoms with Crippen LogP contribution >= 0.6 is 0 Å². The van der Waals surface area contributed by atoms with Gasteiger partial charge in [-0.1, -0.05) is 103 Å². The molecule has 0 amide bonds. The summed E-state index contributed by atoms with van der Waals surface area (Å²) in [5.41, 5.74) is 5.73. The maximum Gasteiger partial charge on any atom is 0.130 e. The molecule has 2 saturated heterocycles. The van der Waals surface area contributed by atoms with Crippen molar-refractivity contribution in [2.24, 2.45) is 11.8 Å². The third kappa shape index (κ3) is 18.3. The van der Waals surface area contributed by atoms with Crippen molar-refractivity contribution in [2.45, 2.75) is 88.5 Å². The smallest absolute Gasteiger partial charge is 0.130 e. The summed E-state index contributed by atoms with van der Waals surface area (Å²) in [5.74, 6) is 4.87. The lowest BCUT2D eigenvalue weighted by Crippen LogP contribution is -2.49. The van der Waals surface area contributed by atoms with E-state index >= 15 is 0 Å². The van der Waals surface area contributed by atoms with E-state index in [0.717, 1.165) is 86.0 Å².